The van der Waals surface area contributed by atoms with Crippen LogP contribution in [0, 0.1) is 0 Å². The summed E-state index contributed by atoms with van der Waals surface area (Å²) in [7, 11) is 0. The Bertz CT molecular complexity index is 326. The molecule has 0 heterocycles. The molecule has 1 aromatic rings. The lowest BCUT2D eigenvalue weighted by Crippen LogP contribution is -2.36. The number of carboxylic acids is 1. The number of carboxylic acid groups (broad SMARTS) is 1. The van der Waals surface area contributed by atoms with Crippen LogP contribution in [-0.2, 0) is 0 Å². The fourth-order valence-corrected chi connectivity index (χ4v) is 0.911. The average Bonchev–Trinajstić information content (AvgIpc) is 2.15. The first-order valence-corrected chi connectivity index (χ1v) is 4.07. The van der Waals surface area contributed by atoms with Crippen molar-refractivity contribution in [2.24, 2.45) is 11.5 Å². The predicted molar refractivity (Wildman–Crippen MR) is 51.1 cm³/mol. The molecule has 0 bridgehead atoms. The largest absolute Gasteiger partial charge is 0.491 e. The zero-order valence-electron chi connectivity index (χ0n) is 7.51. The molecule has 0 amide bonds. The van der Waals surface area contributed by atoms with E-state index in [1.807, 2.05) is 0 Å². The number of aromatic carboxylic acids is 1. The van der Waals surface area contributed by atoms with Crippen molar-refractivity contribution < 1.29 is 14.6 Å². The Morgan fingerprint density at radius 1 is 1.50 bits per heavy atom. The molecule has 0 spiro atoms. The second kappa shape index (κ2) is 4.59. The van der Waals surface area contributed by atoms with Crippen molar-refractivity contribution in [3.05, 3.63) is 29.8 Å². The molecule has 1 aromatic carbocycles. The van der Waals surface area contributed by atoms with Crippen molar-refractivity contribution in [2.75, 3.05) is 6.61 Å². The van der Waals surface area contributed by atoms with Gasteiger partial charge in [-0.25, -0.2) is 4.79 Å². The zero-order valence-corrected chi connectivity index (χ0v) is 7.51. The molecule has 0 aliphatic rings. The molecule has 0 aliphatic carbocycles. The van der Waals surface area contributed by atoms with E-state index >= 15 is 0 Å². The molecule has 14 heavy (non-hydrogen) atoms. The van der Waals surface area contributed by atoms with Crippen LogP contribution in [-0.4, -0.2) is 23.8 Å². The second-order valence-electron chi connectivity index (χ2n) is 2.81. The predicted octanol–water partition coefficient (Wildman–Crippen LogP) is 0.00710. The highest BCUT2D eigenvalue weighted by Crippen LogP contribution is 2.12. The van der Waals surface area contributed by atoms with E-state index in [2.05, 4.69) is 0 Å². The van der Waals surface area contributed by atoms with Gasteiger partial charge < -0.3 is 21.3 Å². The Morgan fingerprint density at radius 2 is 2.21 bits per heavy atom. The van der Waals surface area contributed by atoms with Crippen LogP contribution in [0.15, 0.2) is 24.3 Å². The highest BCUT2D eigenvalue weighted by Gasteiger charge is 2.04. The van der Waals surface area contributed by atoms with Crippen LogP contribution in [0.25, 0.3) is 0 Å². The van der Waals surface area contributed by atoms with E-state index in [9.17, 15) is 4.79 Å². The lowest BCUT2D eigenvalue weighted by Gasteiger charge is -2.08. The summed E-state index contributed by atoms with van der Waals surface area (Å²) in [5, 5.41) is 8.68. The monoisotopic (exact) mass is 196 g/mol. The first-order chi connectivity index (χ1) is 6.59. The van der Waals surface area contributed by atoms with Crippen molar-refractivity contribution in [1.82, 2.24) is 0 Å². The maximum absolute atomic E-state index is 10.6. The molecule has 0 aliphatic heterocycles. The van der Waals surface area contributed by atoms with Gasteiger partial charge in [-0.15, -0.1) is 0 Å². The van der Waals surface area contributed by atoms with Crippen LogP contribution < -0.4 is 16.2 Å². The fourth-order valence-electron chi connectivity index (χ4n) is 0.911. The number of hydrogen-bond donors (Lipinski definition) is 3. The minimum absolute atomic E-state index is 0.156. The summed E-state index contributed by atoms with van der Waals surface area (Å²) in [6, 6.07) is 6.15. The minimum atomic E-state index is -0.993. The Kier molecular flexibility index (Phi) is 3.44. The van der Waals surface area contributed by atoms with Crippen molar-refractivity contribution in [3.8, 4) is 5.75 Å². The standard InChI is InChI=1S/C9H12N2O3/c10-8(11)5-14-7-3-1-2-6(4-7)9(12)13/h1-4,8H,5,10-11H2,(H,12,13). The summed E-state index contributed by atoms with van der Waals surface area (Å²) >= 11 is 0. The maximum atomic E-state index is 10.6. The first-order valence-electron chi connectivity index (χ1n) is 4.07. The smallest absolute Gasteiger partial charge is 0.335 e. The Morgan fingerprint density at radius 3 is 2.79 bits per heavy atom. The van der Waals surface area contributed by atoms with Gasteiger partial charge in [0.1, 0.15) is 12.4 Å². The summed E-state index contributed by atoms with van der Waals surface area (Å²) in [5.41, 5.74) is 10.7. The lowest BCUT2D eigenvalue weighted by atomic mass is 10.2. The third kappa shape index (κ3) is 3.04. The van der Waals surface area contributed by atoms with Gasteiger partial charge in [0, 0.05) is 0 Å². The van der Waals surface area contributed by atoms with Crippen molar-refractivity contribution in [1.29, 1.82) is 0 Å². The molecule has 0 saturated heterocycles. The van der Waals surface area contributed by atoms with Gasteiger partial charge in [-0.05, 0) is 18.2 Å². The quantitative estimate of drug-likeness (QED) is 0.589. The van der Waals surface area contributed by atoms with Crippen molar-refractivity contribution in [2.45, 2.75) is 6.17 Å². The molecule has 0 saturated carbocycles. The molecule has 0 fully saturated rings. The number of nitrogens with two attached hydrogens (primary N) is 2. The van der Waals surface area contributed by atoms with Gasteiger partial charge in [-0.2, -0.15) is 0 Å². The van der Waals surface area contributed by atoms with Crippen LogP contribution in [0.2, 0.25) is 0 Å². The van der Waals surface area contributed by atoms with E-state index in [0.717, 1.165) is 0 Å². The van der Waals surface area contributed by atoms with Crippen LogP contribution >= 0.6 is 0 Å². The van der Waals surface area contributed by atoms with Gasteiger partial charge in [-0.3, -0.25) is 0 Å². The summed E-state index contributed by atoms with van der Waals surface area (Å²) in [4.78, 5) is 10.6. The molecule has 0 unspecified atom stereocenters. The zero-order chi connectivity index (χ0) is 10.6. The molecular formula is C9H12N2O3. The van der Waals surface area contributed by atoms with Crippen LogP contribution in [0.4, 0.5) is 0 Å². The van der Waals surface area contributed by atoms with E-state index in [4.69, 9.17) is 21.3 Å². The van der Waals surface area contributed by atoms with E-state index < -0.39 is 12.1 Å². The van der Waals surface area contributed by atoms with Crippen LogP contribution in [0.1, 0.15) is 10.4 Å². The molecule has 5 heteroatoms. The lowest BCUT2D eigenvalue weighted by molar-refractivity contribution is 0.0696. The molecule has 5 N–H and O–H groups in total. The third-order valence-electron chi connectivity index (χ3n) is 1.52. The molecule has 76 valence electrons. The van der Waals surface area contributed by atoms with E-state index in [-0.39, 0.29) is 12.2 Å². The third-order valence-corrected chi connectivity index (χ3v) is 1.52. The van der Waals surface area contributed by atoms with Gasteiger partial charge >= 0.3 is 5.97 Å². The highest BCUT2D eigenvalue weighted by atomic mass is 16.5. The van der Waals surface area contributed by atoms with Gasteiger partial charge in [0.2, 0.25) is 0 Å². The van der Waals surface area contributed by atoms with Gasteiger partial charge in [0.15, 0.2) is 0 Å². The first kappa shape index (κ1) is 10.5. The van der Waals surface area contributed by atoms with Crippen LogP contribution in [0.5, 0.6) is 5.75 Å². The number of ether oxygens (including phenoxy) is 1. The van der Waals surface area contributed by atoms with Crippen LogP contribution in [0.3, 0.4) is 0 Å². The molecule has 1 rings (SSSR count). The summed E-state index contributed by atoms with van der Waals surface area (Å²) in [6.45, 7) is 0.156. The van der Waals surface area contributed by atoms with Gasteiger partial charge in [0.05, 0.1) is 11.7 Å². The number of rotatable bonds is 4. The van der Waals surface area contributed by atoms with E-state index in [1.165, 1.54) is 12.1 Å². The number of benzene rings is 1. The van der Waals surface area contributed by atoms with E-state index in [1.54, 1.807) is 12.1 Å². The van der Waals surface area contributed by atoms with Gasteiger partial charge in [0.25, 0.3) is 0 Å². The van der Waals surface area contributed by atoms with Crippen molar-refractivity contribution in [3.63, 3.8) is 0 Å². The Balaban J connectivity index is 2.69. The van der Waals surface area contributed by atoms with Crippen molar-refractivity contribution >= 4 is 5.97 Å². The molecule has 0 aromatic heterocycles. The Hall–Kier alpha value is -1.59. The maximum Gasteiger partial charge on any atom is 0.335 e. The highest BCUT2D eigenvalue weighted by molar-refractivity contribution is 5.87. The summed E-state index contributed by atoms with van der Waals surface area (Å²) < 4.78 is 5.14. The second-order valence-corrected chi connectivity index (χ2v) is 2.81. The fraction of sp³-hybridized carbons (Fsp3) is 0.222. The topological polar surface area (TPSA) is 98.6 Å². The molecule has 0 radical (unpaired) electrons. The Labute approximate surface area is 81.3 Å². The van der Waals surface area contributed by atoms with E-state index in [0.29, 0.717) is 5.75 Å². The minimum Gasteiger partial charge on any atom is -0.491 e. The normalized spacial score (nSPS) is 10.2. The average molecular weight is 196 g/mol. The molecule has 5 nitrogen and oxygen atoms in total. The SMILES string of the molecule is NC(N)COc1cccc(C(=O)O)c1. The summed E-state index contributed by atoms with van der Waals surface area (Å²) in [5.74, 6) is -0.543. The molecular weight excluding hydrogens is 184 g/mol. The molecule has 0 atom stereocenters. The van der Waals surface area contributed by atoms with Gasteiger partial charge in [-0.1, -0.05) is 6.07 Å². The summed E-state index contributed by atoms with van der Waals surface area (Å²) in [6.07, 6.45) is -0.566. The number of hydrogen-bond acceptors (Lipinski definition) is 4. The number of carbonyl (C=O) groups is 1.